The molecule has 0 atom stereocenters. The van der Waals surface area contributed by atoms with Gasteiger partial charge in [-0.2, -0.15) is 0 Å². The standard InChI is InChI=1S/C20H17BrN4O5S2/c1-23-17(18(27)14-8-7-13(21)9-15(14)32(23,29)30)19(28)22-25-11-16(26)24(20(25)31)10-12-5-3-2-4-6-12/h2-9,27H,10-11H2,1H3,(H,22,28). The van der Waals surface area contributed by atoms with Gasteiger partial charge in [0.1, 0.15) is 6.54 Å². The molecule has 1 fully saturated rings. The van der Waals surface area contributed by atoms with E-state index in [9.17, 15) is 23.1 Å². The van der Waals surface area contributed by atoms with Gasteiger partial charge in [0.15, 0.2) is 16.6 Å². The molecule has 0 radical (unpaired) electrons. The highest BCUT2D eigenvalue weighted by Crippen LogP contribution is 2.36. The van der Waals surface area contributed by atoms with E-state index >= 15 is 0 Å². The van der Waals surface area contributed by atoms with Crippen LogP contribution in [0.25, 0.3) is 5.76 Å². The molecule has 2 aliphatic rings. The van der Waals surface area contributed by atoms with Crippen LogP contribution in [0, 0.1) is 0 Å². The largest absolute Gasteiger partial charge is 0.505 e. The molecule has 32 heavy (non-hydrogen) atoms. The maximum Gasteiger partial charge on any atom is 0.291 e. The predicted molar refractivity (Wildman–Crippen MR) is 123 cm³/mol. The number of thiocarbonyl (C=S) groups is 1. The predicted octanol–water partition coefficient (Wildman–Crippen LogP) is 1.97. The molecule has 2 aliphatic heterocycles. The van der Waals surface area contributed by atoms with Crippen molar-refractivity contribution in [3.05, 3.63) is 69.8 Å². The van der Waals surface area contributed by atoms with Crippen molar-refractivity contribution in [1.29, 1.82) is 0 Å². The molecular weight excluding hydrogens is 520 g/mol. The van der Waals surface area contributed by atoms with Gasteiger partial charge >= 0.3 is 0 Å². The number of hydrogen-bond acceptors (Lipinski definition) is 6. The molecule has 9 nitrogen and oxygen atoms in total. The number of nitrogens with zero attached hydrogens (tertiary/aromatic N) is 3. The average Bonchev–Trinajstić information content (AvgIpc) is 3.00. The van der Waals surface area contributed by atoms with Crippen molar-refractivity contribution >= 4 is 60.9 Å². The zero-order valence-electron chi connectivity index (χ0n) is 16.6. The lowest BCUT2D eigenvalue weighted by atomic mass is 10.1. The summed E-state index contributed by atoms with van der Waals surface area (Å²) in [6.45, 7) is 0.0147. The Bertz CT molecular complexity index is 1280. The second-order valence-corrected chi connectivity index (χ2v) is 10.3. The Labute approximate surface area is 198 Å². The van der Waals surface area contributed by atoms with Gasteiger partial charge in [-0.15, -0.1) is 0 Å². The number of amides is 2. The number of hydrogen-bond donors (Lipinski definition) is 2. The molecule has 2 aromatic rings. The molecule has 0 unspecified atom stereocenters. The molecule has 166 valence electrons. The number of aliphatic hydroxyl groups excluding tert-OH is 1. The van der Waals surface area contributed by atoms with Crippen LogP contribution < -0.4 is 5.43 Å². The Morgan fingerprint density at radius 2 is 1.91 bits per heavy atom. The number of likely N-dealkylation sites (N-methyl/N-ethyl adjacent to an activating group) is 1. The molecule has 1 saturated heterocycles. The number of carbonyl (C=O) groups excluding carboxylic acids is 2. The van der Waals surface area contributed by atoms with Gasteiger partial charge in [-0.3, -0.25) is 29.2 Å². The summed E-state index contributed by atoms with van der Waals surface area (Å²) in [7, 11) is -2.92. The summed E-state index contributed by atoms with van der Waals surface area (Å²) in [5.41, 5.74) is 2.83. The summed E-state index contributed by atoms with van der Waals surface area (Å²) in [5, 5.41) is 11.9. The molecule has 0 aromatic heterocycles. The molecule has 4 rings (SSSR count). The summed E-state index contributed by atoms with van der Waals surface area (Å²) in [4.78, 5) is 26.6. The van der Waals surface area contributed by atoms with Crippen LogP contribution in [0.1, 0.15) is 11.1 Å². The van der Waals surface area contributed by atoms with Crippen LogP contribution in [0.3, 0.4) is 0 Å². The van der Waals surface area contributed by atoms with Crippen LogP contribution in [0.2, 0.25) is 0 Å². The number of halogens is 1. The van der Waals surface area contributed by atoms with E-state index in [1.165, 1.54) is 24.1 Å². The van der Waals surface area contributed by atoms with Crippen LogP contribution in [0.4, 0.5) is 0 Å². The first-order valence-corrected chi connectivity index (χ1v) is 11.9. The lowest BCUT2D eigenvalue weighted by Crippen LogP contribution is -2.48. The first kappa shape index (κ1) is 22.2. The second kappa shape index (κ2) is 8.19. The molecule has 0 bridgehead atoms. The summed E-state index contributed by atoms with van der Waals surface area (Å²) >= 11 is 8.55. The zero-order valence-corrected chi connectivity index (χ0v) is 19.9. The average molecular weight is 537 g/mol. The first-order valence-electron chi connectivity index (χ1n) is 9.30. The molecule has 0 saturated carbocycles. The third-order valence-electron chi connectivity index (χ3n) is 5.07. The number of benzene rings is 2. The van der Waals surface area contributed by atoms with Crippen LogP contribution in [-0.2, 0) is 26.2 Å². The first-order chi connectivity index (χ1) is 15.1. The molecule has 12 heteroatoms. The van der Waals surface area contributed by atoms with Gasteiger partial charge in [0.05, 0.1) is 11.4 Å². The van der Waals surface area contributed by atoms with Crippen LogP contribution in [0.15, 0.2) is 63.6 Å². The van der Waals surface area contributed by atoms with Crippen molar-refractivity contribution in [2.75, 3.05) is 13.6 Å². The van der Waals surface area contributed by atoms with E-state index in [0.29, 0.717) is 8.78 Å². The van der Waals surface area contributed by atoms with Gasteiger partial charge in [-0.1, -0.05) is 46.3 Å². The maximum atomic E-state index is 13.0. The molecule has 0 spiro atoms. The van der Waals surface area contributed by atoms with E-state index < -0.39 is 27.4 Å². The summed E-state index contributed by atoms with van der Waals surface area (Å²) < 4.78 is 27.0. The van der Waals surface area contributed by atoms with E-state index in [4.69, 9.17) is 12.2 Å². The lowest BCUT2D eigenvalue weighted by molar-refractivity contribution is -0.126. The normalized spacial score (nSPS) is 17.6. The maximum absolute atomic E-state index is 13.0. The third kappa shape index (κ3) is 3.74. The molecule has 2 amide bonds. The summed E-state index contributed by atoms with van der Waals surface area (Å²) in [6.07, 6.45) is 0. The number of nitrogens with one attached hydrogen (secondary N) is 1. The third-order valence-corrected chi connectivity index (χ3v) is 7.80. The highest BCUT2D eigenvalue weighted by atomic mass is 79.9. The van der Waals surface area contributed by atoms with Gasteiger partial charge in [0, 0.05) is 17.1 Å². The fourth-order valence-corrected chi connectivity index (χ4v) is 5.64. The minimum absolute atomic E-state index is 0.00206. The monoisotopic (exact) mass is 536 g/mol. The summed E-state index contributed by atoms with van der Waals surface area (Å²) in [5.74, 6) is -1.74. The van der Waals surface area contributed by atoms with E-state index in [2.05, 4.69) is 21.4 Å². The lowest BCUT2D eigenvalue weighted by Gasteiger charge is -2.30. The van der Waals surface area contributed by atoms with Crippen molar-refractivity contribution in [3.8, 4) is 0 Å². The van der Waals surface area contributed by atoms with E-state index in [1.807, 2.05) is 30.3 Å². The number of fused-ring (bicyclic) bond motifs is 1. The van der Waals surface area contributed by atoms with Crippen molar-refractivity contribution in [1.82, 2.24) is 19.6 Å². The minimum atomic E-state index is -4.08. The summed E-state index contributed by atoms with van der Waals surface area (Å²) in [6, 6.07) is 13.5. The van der Waals surface area contributed by atoms with Gasteiger partial charge < -0.3 is 5.11 Å². The Morgan fingerprint density at radius 3 is 2.59 bits per heavy atom. The van der Waals surface area contributed by atoms with Crippen molar-refractivity contribution in [2.24, 2.45) is 0 Å². The minimum Gasteiger partial charge on any atom is -0.505 e. The number of aliphatic hydroxyl groups is 1. The van der Waals surface area contributed by atoms with Gasteiger partial charge in [-0.25, -0.2) is 8.42 Å². The zero-order chi connectivity index (χ0) is 23.2. The molecule has 0 aliphatic carbocycles. The van der Waals surface area contributed by atoms with Crippen LogP contribution in [0.5, 0.6) is 0 Å². The molecule has 2 heterocycles. The SMILES string of the molecule is CN1C(C(=O)NN2CC(=O)N(Cc3ccccc3)C2=S)=C(O)c2ccc(Br)cc2S1(=O)=O. The Hall–Kier alpha value is -2.96. The highest BCUT2D eigenvalue weighted by Gasteiger charge is 2.40. The number of sulfonamides is 1. The van der Waals surface area contributed by atoms with Crippen molar-refractivity contribution in [3.63, 3.8) is 0 Å². The Kier molecular flexibility index (Phi) is 5.69. The van der Waals surface area contributed by atoms with E-state index in [0.717, 1.165) is 10.6 Å². The van der Waals surface area contributed by atoms with Gasteiger partial charge in [-0.05, 0) is 36.0 Å². The Balaban J connectivity index is 1.60. The number of carbonyl (C=O) groups is 2. The fourth-order valence-electron chi connectivity index (χ4n) is 3.43. The molecular formula is C20H17BrN4O5S2. The van der Waals surface area contributed by atoms with Crippen molar-refractivity contribution < 1.29 is 23.1 Å². The number of rotatable bonds is 4. The van der Waals surface area contributed by atoms with Crippen molar-refractivity contribution in [2.45, 2.75) is 11.4 Å². The van der Waals surface area contributed by atoms with Crippen LogP contribution >= 0.6 is 28.1 Å². The quantitative estimate of drug-likeness (QED) is 0.574. The van der Waals surface area contributed by atoms with Crippen LogP contribution in [-0.4, -0.2) is 58.3 Å². The Morgan fingerprint density at radius 1 is 1.22 bits per heavy atom. The number of hydrazine groups is 1. The fraction of sp³-hybridized carbons (Fsp3) is 0.150. The highest BCUT2D eigenvalue weighted by molar-refractivity contribution is 9.10. The van der Waals surface area contributed by atoms with E-state index in [-0.39, 0.29) is 34.6 Å². The van der Waals surface area contributed by atoms with Gasteiger partial charge in [0.2, 0.25) is 0 Å². The molecule has 2 aromatic carbocycles. The van der Waals surface area contributed by atoms with Gasteiger partial charge in [0.25, 0.3) is 21.8 Å². The topological polar surface area (TPSA) is 110 Å². The second-order valence-electron chi connectivity index (χ2n) is 7.09. The molecule has 2 N–H and O–H groups in total. The van der Waals surface area contributed by atoms with E-state index in [1.54, 1.807) is 6.07 Å². The smallest absolute Gasteiger partial charge is 0.291 e.